The highest BCUT2D eigenvalue weighted by molar-refractivity contribution is 5.92. The van der Waals surface area contributed by atoms with Gasteiger partial charge in [-0.05, 0) is 43.4 Å². The van der Waals surface area contributed by atoms with Crippen molar-refractivity contribution in [3.8, 4) is 0 Å². The lowest BCUT2D eigenvalue weighted by Gasteiger charge is -2.27. The number of carbonyl (C=O) groups excluding carboxylic acids is 2. The van der Waals surface area contributed by atoms with Crippen LogP contribution >= 0.6 is 0 Å². The molecule has 27 heavy (non-hydrogen) atoms. The molecule has 3 rings (SSSR count). The molecule has 0 unspecified atom stereocenters. The molecule has 1 heterocycles. The standard InChI is InChI=1S/C20H26N2O5/c23-18(22-9-11-27-12-10-22)13-14-1-7-17(8-2-14)21-19(24)15-3-5-16(6-4-15)20(25)26/h1-2,7-8,15-16H,3-6,9-13H2,(H,21,24)(H,25,26). The Morgan fingerprint density at radius 2 is 1.59 bits per heavy atom. The van der Waals surface area contributed by atoms with Crippen molar-refractivity contribution in [3.05, 3.63) is 29.8 Å². The van der Waals surface area contributed by atoms with E-state index in [1.807, 2.05) is 29.2 Å². The van der Waals surface area contributed by atoms with Crippen LogP contribution in [0.5, 0.6) is 0 Å². The fourth-order valence-electron chi connectivity index (χ4n) is 3.65. The number of rotatable bonds is 5. The van der Waals surface area contributed by atoms with Gasteiger partial charge in [0.05, 0.1) is 25.6 Å². The maximum atomic E-state index is 12.4. The topological polar surface area (TPSA) is 95.9 Å². The Hall–Kier alpha value is -2.41. The van der Waals surface area contributed by atoms with E-state index in [1.54, 1.807) is 0 Å². The lowest BCUT2D eigenvalue weighted by atomic mass is 9.81. The maximum absolute atomic E-state index is 12.4. The highest BCUT2D eigenvalue weighted by Gasteiger charge is 2.29. The number of carboxylic acids is 1. The van der Waals surface area contributed by atoms with Crippen LogP contribution in [0, 0.1) is 11.8 Å². The van der Waals surface area contributed by atoms with Gasteiger partial charge >= 0.3 is 5.97 Å². The molecule has 0 spiro atoms. The van der Waals surface area contributed by atoms with E-state index in [-0.39, 0.29) is 23.7 Å². The zero-order chi connectivity index (χ0) is 19.2. The summed E-state index contributed by atoms with van der Waals surface area (Å²) >= 11 is 0. The number of aliphatic carboxylic acids is 1. The molecule has 146 valence electrons. The number of anilines is 1. The van der Waals surface area contributed by atoms with Gasteiger partial charge in [-0.2, -0.15) is 0 Å². The molecule has 7 heteroatoms. The second-order valence-electron chi connectivity index (χ2n) is 7.24. The van der Waals surface area contributed by atoms with Crippen LogP contribution in [0.4, 0.5) is 5.69 Å². The van der Waals surface area contributed by atoms with Gasteiger partial charge in [0.2, 0.25) is 11.8 Å². The molecule has 0 aromatic heterocycles. The summed E-state index contributed by atoms with van der Waals surface area (Å²) in [6.07, 6.45) is 2.66. The molecular formula is C20H26N2O5. The van der Waals surface area contributed by atoms with Gasteiger partial charge < -0.3 is 20.1 Å². The first-order valence-electron chi connectivity index (χ1n) is 9.51. The first kappa shape index (κ1) is 19.4. The number of ether oxygens (including phenoxy) is 1. The smallest absolute Gasteiger partial charge is 0.306 e. The third kappa shape index (κ3) is 5.29. The summed E-state index contributed by atoms with van der Waals surface area (Å²) in [5, 5.41) is 11.9. The number of hydrogen-bond donors (Lipinski definition) is 2. The van der Waals surface area contributed by atoms with Crippen molar-refractivity contribution in [3.63, 3.8) is 0 Å². The van der Waals surface area contributed by atoms with Crippen LogP contribution in [0.15, 0.2) is 24.3 Å². The number of carbonyl (C=O) groups is 3. The Kier molecular flexibility index (Phi) is 6.45. The summed E-state index contributed by atoms with van der Waals surface area (Å²) in [7, 11) is 0. The summed E-state index contributed by atoms with van der Waals surface area (Å²) in [4.78, 5) is 37.5. The normalized spacial score (nSPS) is 22.9. The Labute approximate surface area is 158 Å². The SMILES string of the molecule is O=C(O)C1CCC(C(=O)Nc2ccc(CC(=O)N3CCOCC3)cc2)CC1. The number of nitrogens with one attached hydrogen (secondary N) is 1. The van der Waals surface area contributed by atoms with E-state index in [9.17, 15) is 14.4 Å². The molecule has 1 aromatic rings. The lowest BCUT2D eigenvalue weighted by Crippen LogP contribution is -2.41. The number of hydrogen-bond acceptors (Lipinski definition) is 4. The predicted molar refractivity (Wildman–Crippen MR) is 99.3 cm³/mol. The average molecular weight is 374 g/mol. The van der Waals surface area contributed by atoms with Crippen molar-refractivity contribution in [2.45, 2.75) is 32.1 Å². The van der Waals surface area contributed by atoms with E-state index in [0.717, 1.165) is 5.56 Å². The van der Waals surface area contributed by atoms with Crippen molar-refractivity contribution in [2.75, 3.05) is 31.6 Å². The van der Waals surface area contributed by atoms with Crippen molar-refractivity contribution in [1.82, 2.24) is 4.90 Å². The van der Waals surface area contributed by atoms with Gasteiger partial charge in [0, 0.05) is 24.7 Å². The molecule has 1 aliphatic heterocycles. The van der Waals surface area contributed by atoms with Gasteiger partial charge in [0.25, 0.3) is 0 Å². The Morgan fingerprint density at radius 3 is 2.19 bits per heavy atom. The van der Waals surface area contributed by atoms with Gasteiger partial charge in [-0.25, -0.2) is 0 Å². The van der Waals surface area contributed by atoms with Gasteiger partial charge in [-0.3, -0.25) is 14.4 Å². The van der Waals surface area contributed by atoms with Crippen molar-refractivity contribution in [1.29, 1.82) is 0 Å². The molecule has 7 nitrogen and oxygen atoms in total. The monoisotopic (exact) mass is 374 g/mol. The zero-order valence-corrected chi connectivity index (χ0v) is 15.4. The highest BCUT2D eigenvalue weighted by Crippen LogP contribution is 2.29. The van der Waals surface area contributed by atoms with Crippen LogP contribution in [-0.4, -0.2) is 54.1 Å². The molecule has 2 amide bonds. The van der Waals surface area contributed by atoms with Crippen LogP contribution < -0.4 is 5.32 Å². The van der Waals surface area contributed by atoms with Crippen LogP contribution in [-0.2, 0) is 25.5 Å². The minimum Gasteiger partial charge on any atom is -0.481 e. The third-order valence-corrected chi connectivity index (χ3v) is 5.39. The van der Waals surface area contributed by atoms with E-state index in [0.29, 0.717) is 64.1 Å². The molecule has 0 atom stereocenters. The third-order valence-electron chi connectivity index (χ3n) is 5.39. The zero-order valence-electron chi connectivity index (χ0n) is 15.4. The predicted octanol–water partition coefficient (Wildman–Crippen LogP) is 1.92. The molecule has 2 N–H and O–H groups in total. The summed E-state index contributed by atoms with van der Waals surface area (Å²) in [5.74, 6) is -1.20. The van der Waals surface area contributed by atoms with Crippen LogP contribution in [0.25, 0.3) is 0 Å². The first-order chi connectivity index (χ1) is 13.0. The molecule has 1 aromatic carbocycles. The fourth-order valence-corrected chi connectivity index (χ4v) is 3.65. The van der Waals surface area contributed by atoms with Crippen LogP contribution in [0.2, 0.25) is 0 Å². The minimum absolute atomic E-state index is 0.0593. The van der Waals surface area contributed by atoms with E-state index in [2.05, 4.69) is 5.32 Å². The Balaban J connectivity index is 1.48. The van der Waals surface area contributed by atoms with Crippen LogP contribution in [0.3, 0.4) is 0 Å². The average Bonchev–Trinajstić information content (AvgIpc) is 2.70. The van der Waals surface area contributed by atoms with E-state index < -0.39 is 5.97 Å². The molecule has 1 aliphatic carbocycles. The highest BCUT2D eigenvalue weighted by atomic mass is 16.5. The number of benzene rings is 1. The second kappa shape index (κ2) is 8.99. The number of amides is 2. The molecule has 1 saturated carbocycles. The summed E-state index contributed by atoms with van der Waals surface area (Å²) in [6.45, 7) is 2.45. The molecule has 2 fully saturated rings. The van der Waals surface area contributed by atoms with Gasteiger partial charge in [0.15, 0.2) is 0 Å². The number of carboxylic acid groups (broad SMARTS) is 1. The molecule has 0 radical (unpaired) electrons. The van der Waals surface area contributed by atoms with Gasteiger partial charge in [0.1, 0.15) is 0 Å². The van der Waals surface area contributed by atoms with E-state index in [1.165, 1.54) is 0 Å². The Bertz CT molecular complexity index is 674. The molecular weight excluding hydrogens is 348 g/mol. The summed E-state index contributed by atoms with van der Waals surface area (Å²) in [5.41, 5.74) is 1.61. The van der Waals surface area contributed by atoms with Gasteiger partial charge in [-0.15, -0.1) is 0 Å². The van der Waals surface area contributed by atoms with Crippen molar-refractivity contribution >= 4 is 23.5 Å². The summed E-state index contributed by atoms with van der Waals surface area (Å²) < 4.78 is 5.26. The largest absolute Gasteiger partial charge is 0.481 e. The van der Waals surface area contributed by atoms with E-state index in [4.69, 9.17) is 9.84 Å². The van der Waals surface area contributed by atoms with Crippen molar-refractivity contribution < 1.29 is 24.2 Å². The molecule has 2 aliphatic rings. The first-order valence-corrected chi connectivity index (χ1v) is 9.51. The second-order valence-corrected chi connectivity index (χ2v) is 7.24. The molecule has 1 saturated heterocycles. The lowest BCUT2D eigenvalue weighted by molar-refractivity contribution is -0.143. The fraction of sp³-hybridized carbons (Fsp3) is 0.550. The molecule has 0 bridgehead atoms. The number of morpholine rings is 1. The van der Waals surface area contributed by atoms with E-state index >= 15 is 0 Å². The van der Waals surface area contributed by atoms with Crippen molar-refractivity contribution in [2.24, 2.45) is 11.8 Å². The van der Waals surface area contributed by atoms with Crippen LogP contribution in [0.1, 0.15) is 31.2 Å². The van der Waals surface area contributed by atoms with Gasteiger partial charge in [-0.1, -0.05) is 12.1 Å². The number of nitrogens with zero attached hydrogens (tertiary/aromatic N) is 1. The minimum atomic E-state index is -0.768. The summed E-state index contributed by atoms with van der Waals surface area (Å²) in [6, 6.07) is 7.33. The Morgan fingerprint density at radius 1 is 1.00 bits per heavy atom. The maximum Gasteiger partial charge on any atom is 0.306 e. The quantitative estimate of drug-likeness (QED) is 0.821.